The van der Waals surface area contributed by atoms with E-state index in [1.165, 1.54) is 12.8 Å². The predicted molar refractivity (Wildman–Crippen MR) is 72.3 cm³/mol. The fraction of sp³-hybridized carbons (Fsp3) is 0.615. The van der Waals surface area contributed by atoms with Gasteiger partial charge in [-0.3, -0.25) is 0 Å². The molecule has 1 fully saturated rings. The number of hydrogen-bond donors (Lipinski definition) is 1. The lowest BCUT2D eigenvalue weighted by Gasteiger charge is -2.39. The number of halogens is 1. The third-order valence-corrected chi connectivity index (χ3v) is 4.15. The van der Waals surface area contributed by atoms with Gasteiger partial charge >= 0.3 is 0 Å². The third kappa shape index (κ3) is 2.55. The van der Waals surface area contributed by atoms with Crippen molar-refractivity contribution in [2.24, 2.45) is 11.7 Å². The third-order valence-electron chi connectivity index (χ3n) is 3.81. The Morgan fingerprint density at radius 2 is 2.29 bits per heavy atom. The van der Waals surface area contributed by atoms with Crippen LogP contribution < -0.4 is 10.6 Å². The Morgan fingerprint density at radius 1 is 1.53 bits per heavy atom. The van der Waals surface area contributed by atoms with Crippen LogP contribution in [0.5, 0.6) is 0 Å². The van der Waals surface area contributed by atoms with E-state index in [1.807, 2.05) is 6.07 Å². The topological polar surface area (TPSA) is 42.1 Å². The lowest BCUT2D eigenvalue weighted by atomic mass is 9.92. The first-order valence-corrected chi connectivity index (χ1v) is 6.62. The highest BCUT2D eigenvalue weighted by Crippen LogP contribution is 2.28. The lowest BCUT2D eigenvalue weighted by molar-refractivity contribution is 0.361. The van der Waals surface area contributed by atoms with Gasteiger partial charge in [-0.1, -0.05) is 18.5 Å². The maximum absolute atomic E-state index is 6.04. The number of aromatic nitrogens is 1. The molecule has 2 N–H and O–H groups in total. The van der Waals surface area contributed by atoms with E-state index in [-0.39, 0.29) is 0 Å². The van der Waals surface area contributed by atoms with Crippen LogP contribution in [0.4, 0.5) is 5.82 Å². The van der Waals surface area contributed by atoms with Crippen molar-refractivity contribution >= 4 is 17.4 Å². The van der Waals surface area contributed by atoms with Crippen LogP contribution in [0.2, 0.25) is 5.02 Å². The van der Waals surface area contributed by atoms with Gasteiger partial charge in [0.25, 0.3) is 0 Å². The van der Waals surface area contributed by atoms with Crippen LogP contribution in [0.1, 0.15) is 32.3 Å². The van der Waals surface area contributed by atoms with Crippen molar-refractivity contribution in [1.82, 2.24) is 4.98 Å². The summed E-state index contributed by atoms with van der Waals surface area (Å²) >= 11 is 6.04. The molecule has 3 nitrogen and oxygen atoms in total. The Labute approximate surface area is 108 Å². The number of nitrogens with zero attached hydrogens (tertiary/aromatic N) is 2. The maximum Gasteiger partial charge on any atom is 0.129 e. The van der Waals surface area contributed by atoms with Crippen LogP contribution in [0.25, 0.3) is 0 Å². The van der Waals surface area contributed by atoms with Gasteiger partial charge in [-0.05, 0) is 37.3 Å². The van der Waals surface area contributed by atoms with Gasteiger partial charge in [0.1, 0.15) is 5.82 Å². The maximum atomic E-state index is 6.04. The van der Waals surface area contributed by atoms with E-state index >= 15 is 0 Å². The molecule has 1 aromatic rings. The van der Waals surface area contributed by atoms with Crippen LogP contribution in [-0.2, 0) is 6.54 Å². The molecule has 2 atom stereocenters. The van der Waals surface area contributed by atoms with E-state index in [2.05, 4.69) is 23.7 Å². The number of rotatable bonds is 2. The molecule has 2 unspecified atom stereocenters. The van der Waals surface area contributed by atoms with E-state index in [0.29, 0.717) is 23.5 Å². The molecule has 17 heavy (non-hydrogen) atoms. The highest BCUT2D eigenvalue weighted by molar-refractivity contribution is 6.31. The largest absolute Gasteiger partial charge is 0.354 e. The van der Waals surface area contributed by atoms with Gasteiger partial charge in [-0.25, -0.2) is 4.98 Å². The number of hydrogen-bond acceptors (Lipinski definition) is 3. The second-order valence-corrected chi connectivity index (χ2v) is 5.30. The van der Waals surface area contributed by atoms with Crippen LogP contribution in [-0.4, -0.2) is 17.6 Å². The van der Waals surface area contributed by atoms with Crippen molar-refractivity contribution in [2.75, 3.05) is 11.4 Å². The van der Waals surface area contributed by atoms with Crippen LogP contribution in [0.3, 0.4) is 0 Å². The predicted octanol–water partition coefficient (Wildman–Crippen LogP) is 2.82. The molecule has 2 heterocycles. The van der Waals surface area contributed by atoms with Gasteiger partial charge in [0, 0.05) is 25.3 Å². The van der Waals surface area contributed by atoms with Gasteiger partial charge in [0.2, 0.25) is 0 Å². The Balaban J connectivity index is 2.27. The summed E-state index contributed by atoms with van der Waals surface area (Å²) in [5.41, 5.74) is 6.65. The van der Waals surface area contributed by atoms with E-state index in [4.69, 9.17) is 17.3 Å². The summed E-state index contributed by atoms with van der Waals surface area (Å²) in [6.07, 6.45) is 4.24. The van der Waals surface area contributed by atoms with E-state index in [9.17, 15) is 0 Å². The molecule has 1 aromatic heterocycles. The molecule has 0 aliphatic carbocycles. The molecule has 0 bridgehead atoms. The summed E-state index contributed by atoms with van der Waals surface area (Å²) in [5, 5.41) is 0.661. The monoisotopic (exact) mass is 253 g/mol. The van der Waals surface area contributed by atoms with Crippen molar-refractivity contribution in [2.45, 2.75) is 39.3 Å². The minimum absolute atomic E-state index is 0.464. The fourth-order valence-corrected chi connectivity index (χ4v) is 2.62. The molecule has 94 valence electrons. The Bertz CT molecular complexity index is 394. The average molecular weight is 254 g/mol. The average Bonchev–Trinajstić information content (AvgIpc) is 2.34. The first-order valence-electron chi connectivity index (χ1n) is 6.24. The van der Waals surface area contributed by atoms with Gasteiger partial charge in [0.15, 0.2) is 0 Å². The molecule has 0 saturated carbocycles. The molecule has 0 radical (unpaired) electrons. The number of piperidine rings is 1. The second-order valence-electron chi connectivity index (χ2n) is 4.89. The van der Waals surface area contributed by atoms with Crippen molar-refractivity contribution in [3.05, 3.63) is 22.8 Å². The molecule has 1 aliphatic heterocycles. The van der Waals surface area contributed by atoms with Crippen molar-refractivity contribution in [3.8, 4) is 0 Å². The number of pyridine rings is 1. The zero-order valence-corrected chi connectivity index (χ0v) is 11.2. The molecule has 0 aromatic carbocycles. The van der Waals surface area contributed by atoms with Crippen LogP contribution >= 0.6 is 11.6 Å². The Morgan fingerprint density at radius 3 is 3.00 bits per heavy atom. The zero-order chi connectivity index (χ0) is 12.4. The molecular weight excluding hydrogens is 234 g/mol. The minimum Gasteiger partial charge on any atom is -0.354 e. The Hall–Kier alpha value is -0.800. The molecular formula is C13H20ClN3. The summed E-state index contributed by atoms with van der Waals surface area (Å²) < 4.78 is 0. The van der Waals surface area contributed by atoms with Gasteiger partial charge in [-0.15, -0.1) is 0 Å². The van der Waals surface area contributed by atoms with Crippen molar-refractivity contribution < 1.29 is 0 Å². The van der Waals surface area contributed by atoms with Crippen LogP contribution in [0.15, 0.2) is 12.3 Å². The fourth-order valence-electron chi connectivity index (χ4n) is 2.44. The lowest BCUT2D eigenvalue weighted by Crippen LogP contribution is -2.42. The van der Waals surface area contributed by atoms with Gasteiger partial charge < -0.3 is 10.6 Å². The second kappa shape index (κ2) is 5.23. The molecule has 1 saturated heterocycles. The van der Waals surface area contributed by atoms with Crippen molar-refractivity contribution in [1.29, 1.82) is 0 Å². The molecule has 4 heteroatoms. The van der Waals surface area contributed by atoms with Gasteiger partial charge in [0.05, 0.1) is 5.02 Å². The Kier molecular flexibility index (Phi) is 3.89. The molecule has 2 rings (SSSR count). The van der Waals surface area contributed by atoms with Gasteiger partial charge in [-0.2, -0.15) is 0 Å². The summed E-state index contributed by atoms with van der Waals surface area (Å²) in [7, 11) is 0. The molecule has 0 spiro atoms. The number of nitrogens with two attached hydrogens (primary N) is 1. The summed E-state index contributed by atoms with van der Waals surface area (Å²) in [4.78, 5) is 6.80. The quantitative estimate of drug-likeness (QED) is 0.881. The number of anilines is 1. The zero-order valence-electron chi connectivity index (χ0n) is 10.5. The van der Waals surface area contributed by atoms with E-state index in [0.717, 1.165) is 17.9 Å². The highest BCUT2D eigenvalue weighted by atomic mass is 35.5. The molecule has 0 amide bonds. The first-order chi connectivity index (χ1) is 8.13. The summed E-state index contributed by atoms with van der Waals surface area (Å²) in [5.74, 6) is 1.72. The highest BCUT2D eigenvalue weighted by Gasteiger charge is 2.25. The first kappa shape index (κ1) is 12.7. The summed E-state index contributed by atoms with van der Waals surface area (Å²) in [6.45, 7) is 6.11. The van der Waals surface area contributed by atoms with E-state index in [1.54, 1.807) is 6.20 Å². The normalized spacial score (nSPS) is 25.1. The van der Waals surface area contributed by atoms with Crippen molar-refractivity contribution in [3.63, 3.8) is 0 Å². The van der Waals surface area contributed by atoms with Crippen LogP contribution in [0, 0.1) is 5.92 Å². The SMILES string of the molecule is CC1CCCN(c2cc(CN)c(Cl)cn2)C1C. The summed E-state index contributed by atoms with van der Waals surface area (Å²) in [6, 6.07) is 2.56. The minimum atomic E-state index is 0.464. The molecule has 1 aliphatic rings. The standard InChI is InChI=1S/C13H20ClN3/c1-9-4-3-5-17(10(9)2)13-6-11(7-15)12(14)8-16-13/h6,8-10H,3-5,7,15H2,1-2H3. The smallest absolute Gasteiger partial charge is 0.129 e. The van der Waals surface area contributed by atoms with E-state index < -0.39 is 0 Å².